The van der Waals surface area contributed by atoms with Crippen molar-refractivity contribution in [2.75, 3.05) is 13.1 Å². The third-order valence-electron chi connectivity index (χ3n) is 5.47. The van der Waals surface area contributed by atoms with Crippen molar-refractivity contribution in [3.63, 3.8) is 0 Å². The number of hydrogen-bond acceptors (Lipinski definition) is 5. The van der Waals surface area contributed by atoms with E-state index in [1.807, 2.05) is 54.6 Å². The van der Waals surface area contributed by atoms with Crippen molar-refractivity contribution in [3.8, 4) is 16.2 Å². The maximum atomic E-state index is 13.1. The fourth-order valence-corrected chi connectivity index (χ4v) is 5.03. The van der Waals surface area contributed by atoms with Gasteiger partial charge in [0.1, 0.15) is 16.6 Å². The molecule has 5 rings (SSSR count). The van der Waals surface area contributed by atoms with Gasteiger partial charge in [-0.1, -0.05) is 35.9 Å². The number of piperidine rings is 1. The van der Waals surface area contributed by atoms with Crippen LogP contribution in [0.5, 0.6) is 5.75 Å². The summed E-state index contributed by atoms with van der Waals surface area (Å²) in [5, 5.41) is 4.04. The molecule has 1 aliphatic rings. The van der Waals surface area contributed by atoms with Gasteiger partial charge in [-0.25, -0.2) is 4.98 Å². The van der Waals surface area contributed by atoms with Gasteiger partial charge in [-0.15, -0.1) is 11.3 Å². The van der Waals surface area contributed by atoms with Gasteiger partial charge in [-0.3, -0.25) is 9.36 Å². The van der Waals surface area contributed by atoms with Gasteiger partial charge < -0.3 is 10.1 Å². The van der Waals surface area contributed by atoms with Crippen LogP contribution in [0.25, 0.3) is 20.7 Å². The van der Waals surface area contributed by atoms with Crippen LogP contribution in [0.3, 0.4) is 0 Å². The normalized spacial score (nSPS) is 14.7. The van der Waals surface area contributed by atoms with Crippen LogP contribution in [0.4, 0.5) is 0 Å². The summed E-state index contributed by atoms with van der Waals surface area (Å²) in [6.45, 7) is 2.44. The average molecular weight is 452 g/mol. The minimum absolute atomic E-state index is 0.0279. The van der Waals surface area contributed by atoms with Crippen LogP contribution in [-0.4, -0.2) is 28.7 Å². The molecule has 0 amide bonds. The van der Waals surface area contributed by atoms with Crippen molar-refractivity contribution in [2.45, 2.75) is 25.5 Å². The van der Waals surface area contributed by atoms with Crippen molar-refractivity contribution < 1.29 is 4.74 Å². The highest BCUT2D eigenvalue weighted by atomic mass is 35.5. The van der Waals surface area contributed by atoms with Crippen LogP contribution in [0, 0.1) is 0 Å². The fraction of sp³-hybridized carbons (Fsp3) is 0.250. The average Bonchev–Trinajstić information content (AvgIpc) is 3.22. The summed E-state index contributed by atoms with van der Waals surface area (Å²) in [4.78, 5) is 18.6. The number of nitrogens with one attached hydrogen (secondary N) is 1. The van der Waals surface area contributed by atoms with E-state index in [0.29, 0.717) is 16.3 Å². The van der Waals surface area contributed by atoms with Gasteiger partial charge in [0.05, 0.1) is 18.4 Å². The number of halogens is 1. The Hall–Kier alpha value is -2.67. The van der Waals surface area contributed by atoms with E-state index in [-0.39, 0.29) is 11.7 Å². The number of rotatable bonds is 5. The molecule has 1 aliphatic heterocycles. The molecule has 0 unspecified atom stereocenters. The van der Waals surface area contributed by atoms with Crippen molar-refractivity contribution in [1.82, 2.24) is 14.9 Å². The molecule has 7 heteroatoms. The minimum Gasteiger partial charge on any atom is -0.490 e. The lowest BCUT2D eigenvalue weighted by molar-refractivity contribution is 0.162. The lowest BCUT2D eigenvalue weighted by atomic mass is 10.1. The molecule has 158 valence electrons. The van der Waals surface area contributed by atoms with Crippen LogP contribution in [0.1, 0.15) is 18.4 Å². The second-order valence-electron chi connectivity index (χ2n) is 7.72. The zero-order chi connectivity index (χ0) is 21.2. The SMILES string of the molecule is O=c1c2sc(-c3ccc(Cl)cc3)cc2ncn1Cc1cccc(OC2CCNCC2)c1. The van der Waals surface area contributed by atoms with E-state index in [2.05, 4.69) is 10.3 Å². The lowest BCUT2D eigenvalue weighted by Crippen LogP contribution is -2.34. The molecule has 3 heterocycles. The number of thiophene rings is 1. The monoisotopic (exact) mass is 451 g/mol. The van der Waals surface area contributed by atoms with Gasteiger partial charge in [0, 0.05) is 9.90 Å². The van der Waals surface area contributed by atoms with E-state index in [4.69, 9.17) is 16.3 Å². The van der Waals surface area contributed by atoms with Gasteiger partial charge in [0.15, 0.2) is 0 Å². The highest BCUT2D eigenvalue weighted by Gasteiger charge is 2.15. The number of nitrogens with zero attached hydrogens (tertiary/aromatic N) is 2. The highest BCUT2D eigenvalue weighted by Crippen LogP contribution is 2.31. The third-order valence-corrected chi connectivity index (χ3v) is 6.89. The van der Waals surface area contributed by atoms with Gasteiger partial charge >= 0.3 is 0 Å². The number of ether oxygens (including phenoxy) is 1. The van der Waals surface area contributed by atoms with Gasteiger partial charge in [-0.05, 0) is 67.4 Å². The molecule has 4 aromatic rings. The molecule has 0 spiro atoms. The maximum Gasteiger partial charge on any atom is 0.271 e. The van der Waals surface area contributed by atoms with E-state index in [0.717, 1.165) is 53.2 Å². The van der Waals surface area contributed by atoms with Gasteiger partial charge in [0.25, 0.3) is 5.56 Å². The number of benzene rings is 2. The van der Waals surface area contributed by atoms with Crippen LogP contribution < -0.4 is 15.6 Å². The quantitative estimate of drug-likeness (QED) is 0.466. The number of aromatic nitrogens is 2. The molecular weight excluding hydrogens is 430 g/mol. The van der Waals surface area contributed by atoms with Crippen LogP contribution in [0.2, 0.25) is 5.02 Å². The van der Waals surface area contributed by atoms with E-state index >= 15 is 0 Å². The lowest BCUT2D eigenvalue weighted by Gasteiger charge is -2.24. The standard InChI is InChI=1S/C24H22ClN3O2S/c25-18-6-4-17(5-7-18)22-13-21-23(31-22)24(29)28(15-27-21)14-16-2-1-3-20(12-16)30-19-8-10-26-11-9-19/h1-7,12-13,15,19,26H,8-11,14H2. The molecule has 2 aromatic heterocycles. The van der Waals surface area contributed by atoms with Crippen LogP contribution in [-0.2, 0) is 6.54 Å². The Morgan fingerprint density at radius 2 is 1.94 bits per heavy atom. The third kappa shape index (κ3) is 4.51. The van der Waals surface area contributed by atoms with Crippen LogP contribution >= 0.6 is 22.9 Å². The Labute approximate surface area is 189 Å². The smallest absolute Gasteiger partial charge is 0.271 e. The molecule has 0 saturated carbocycles. The molecule has 1 N–H and O–H groups in total. The van der Waals surface area contributed by atoms with Gasteiger partial charge in [0.2, 0.25) is 0 Å². The largest absolute Gasteiger partial charge is 0.490 e. The van der Waals surface area contributed by atoms with Crippen molar-refractivity contribution in [3.05, 3.63) is 81.9 Å². The molecule has 1 fully saturated rings. The zero-order valence-corrected chi connectivity index (χ0v) is 18.5. The van der Waals surface area contributed by atoms with Gasteiger partial charge in [-0.2, -0.15) is 0 Å². The predicted octanol–water partition coefficient (Wildman–Crippen LogP) is 4.96. The van der Waals surface area contributed by atoms with Crippen molar-refractivity contribution in [1.29, 1.82) is 0 Å². The zero-order valence-electron chi connectivity index (χ0n) is 16.9. The first kappa shape index (κ1) is 20.2. The summed E-state index contributed by atoms with van der Waals surface area (Å²) in [5.74, 6) is 0.854. The number of fused-ring (bicyclic) bond motifs is 1. The Bertz CT molecular complexity index is 1260. The summed E-state index contributed by atoms with van der Waals surface area (Å²) in [7, 11) is 0. The first-order valence-electron chi connectivity index (χ1n) is 10.4. The first-order valence-corrected chi connectivity index (χ1v) is 11.6. The summed E-state index contributed by atoms with van der Waals surface area (Å²) in [5.41, 5.74) is 2.74. The molecule has 31 heavy (non-hydrogen) atoms. The number of hydrogen-bond donors (Lipinski definition) is 1. The molecule has 0 radical (unpaired) electrons. The minimum atomic E-state index is -0.0279. The molecular formula is C24H22ClN3O2S. The molecule has 1 saturated heterocycles. The molecule has 2 aromatic carbocycles. The Morgan fingerprint density at radius 1 is 1.13 bits per heavy atom. The molecule has 5 nitrogen and oxygen atoms in total. The summed E-state index contributed by atoms with van der Waals surface area (Å²) >= 11 is 7.46. The summed E-state index contributed by atoms with van der Waals surface area (Å²) in [6.07, 6.45) is 3.90. The Kier molecular flexibility index (Phi) is 5.76. The molecule has 0 bridgehead atoms. The predicted molar refractivity (Wildman–Crippen MR) is 126 cm³/mol. The first-order chi connectivity index (χ1) is 15.2. The van der Waals surface area contributed by atoms with Crippen molar-refractivity contribution >= 4 is 33.2 Å². The second-order valence-corrected chi connectivity index (χ2v) is 9.21. The second kappa shape index (κ2) is 8.83. The summed E-state index contributed by atoms with van der Waals surface area (Å²) < 4.78 is 8.47. The topological polar surface area (TPSA) is 56.2 Å². The maximum absolute atomic E-state index is 13.1. The van der Waals surface area contributed by atoms with Crippen LogP contribution in [0.15, 0.2) is 65.7 Å². The van der Waals surface area contributed by atoms with Crippen molar-refractivity contribution in [2.24, 2.45) is 0 Å². The van der Waals surface area contributed by atoms with E-state index in [1.165, 1.54) is 11.3 Å². The Balaban J connectivity index is 1.39. The molecule has 0 aliphatic carbocycles. The fourth-order valence-electron chi connectivity index (χ4n) is 3.83. The van der Waals surface area contributed by atoms with E-state index in [1.54, 1.807) is 10.9 Å². The molecule has 0 atom stereocenters. The highest BCUT2D eigenvalue weighted by molar-refractivity contribution is 7.22. The van der Waals surface area contributed by atoms with E-state index < -0.39 is 0 Å². The van der Waals surface area contributed by atoms with E-state index in [9.17, 15) is 4.79 Å². The summed E-state index contributed by atoms with van der Waals surface area (Å²) in [6, 6.07) is 17.6. The Morgan fingerprint density at radius 3 is 2.74 bits per heavy atom.